The number of tetrazole rings is 1. The van der Waals surface area contributed by atoms with E-state index in [0.29, 0.717) is 6.04 Å². The number of thiophene rings is 1. The summed E-state index contributed by atoms with van der Waals surface area (Å²) < 4.78 is 7.50. The summed E-state index contributed by atoms with van der Waals surface area (Å²) in [6.45, 7) is 8.46. The maximum atomic E-state index is 5.48. The molecule has 4 heterocycles. The van der Waals surface area contributed by atoms with Crippen LogP contribution in [0.4, 0.5) is 0 Å². The van der Waals surface area contributed by atoms with E-state index in [2.05, 4.69) is 34.3 Å². The van der Waals surface area contributed by atoms with Gasteiger partial charge >= 0.3 is 0 Å². The van der Waals surface area contributed by atoms with Crippen LogP contribution in [0.25, 0.3) is 10.2 Å². The van der Waals surface area contributed by atoms with E-state index >= 15 is 0 Å². The lowest BCUT2D eigenvalue weighted by atomic mass is 9.96. The summed E-state index contributed by atoms with van der Waals surface area (Å²) in [7, 11) is 0. The minimum Gasteiger partial charge on any atom is -0.379 e. The first-order valence-corrected chi connectivity index (χ1v) is 12.3. The van der Waals surface area contributed by atoms with E-state index < -0.39 is 0 Å². The molecule has 8 nitrogen and oxygen atoms in total. The minimum absolute atomic E-state index is 0.395. The summed E-state index contributed by atoms with van der Waals surface area (Å²) in [5.74, 6) is 0.866. The first-order valence-electron chi connectivity index (χ1n) is 10.7. The van der Waals surface area contributed by atoms with Crippen LogP contribution in [0.3, 0.4) is 0 Å². The lowest BCUT2D eigenvalue weighted by molar-refractivity contribution is 0.0330. The third kappa shape index (κ3) is 4.10. The summed E-state index contributed by atoms with van der Waals surface area (Å²) in [6, 6.07) is 0.395. The molecule has 160 valence electrons. The van der Waals surface area contributed by atoms with Crippen molar-refractivity contribution < 1.29 is 4.74 Å². The summed E-state index contributed by atoms with van der Waals surface area (Å²) in [5.41, 5.74) is 1.26. The molecule has 0 unspecified atom stereocenters. The molecule has 3 aromatic rings. The Balaban J connectivity index is 1.49. The molecular weight excluding hydrogens is 418 g/mol. The second-order valence-electron chi connectivity index (χ2n) is 8.10. The van der Waals surface area contributed by atoms with Crippen LogP contribution >= 0.6 is 23.1 Å². The van der Waals surface area contributed by atoms with Gasteiger partial charge in [-0.2, -0.15) is 0 Å². The van der Waals surface area contributed by atoms with Gasteiger partial charge in [0.05, 0.1) is 25.8 Å². The SMILES string of the molecule is Cc1sc2nc(CN3CCOCC3)nc(Sc3nnnn3C3CCCCC3)c2c1C. The lowest BCUT2D eigenvalue weighted by Gasteiger charge is -2.25. The van der Waals surface area contributed by atoms with Crippen molar-refractivity contribution in [3.05, 3.63) is 16.3 Å². The molecule has 0 amide bonds. The maximum absolute atomic E-state index is 5.48. The molecule has 30 heavy (non-hydrogen) atoms. The third-order valence-corrected chi connectivity index (χ3v) is 8.12. The van der Waals surface area contributed by atoms with Gasteiger partial charge in [0.2, 0.25) is 5.16 Å². The Kier molecular flexibility index (Phi) is 5.99. The van der Waals surface area contributed by atoms with Crippen molar-refractivity contribution in [3.8, 4) is 0 Å². The molecule has 0 bridgehead atoms. The van der Waals surface area contributed by atoms with Gasteiger partial charge in [-0.3, -0.25) is 4.90 Å². The second kappa shape index (κ2) is 8.86. The first-order chi connectivity index (χ1) is 14.7. The van der Waals surface area contributed by atoms with Crippen LogP contribution in [0, 0.1) is 13.8 Å². The zero-order valence-corrected chi connectivity index (χ0v) is 19.1. The number of nitrogens with zero attached hydrogens (tertiary/aromatic N) is 7. The van der Waals surface area contributed by atoms with Gasteiger partial charge in [0.1, 0.15) is 15.7 Å². The van der Waals surface area contributed by atoms with Crippen molar-refractivity contribution >= 4 is 33.3 Å². The average Bonchev–Trinajstić information content (AvgIpc) is 3.33. The summed E-state index contributed by atoms with van der Waals surface area (Å²) >= 11 is 3.33. The number of fused-ring (bicyclic) bond motifs is 1. The molecule has 0 atom stereocenters. The first kappa shape index (κ1) is 20.3. The largest absolute Gasteiger partial charge is 0.379 e. The highest BCUT2D eigenvalue weighted by molar-refractivity contribution is 7.99. The highest BCUT2D eigenvalue weighted by Gasteiger charge is 2.24. The van der Waals surface area contributed by atoms with Gasteiger partial charge in [0, 0.05) is 23.4 Å². The van der Waals surface area contributed by atoms with Crippen LogP contribution < -0.4 is 0 Å². The van der Waals surface area contributed by atoms with Crippen molar-refractivity contribution in [2.45, 2.75) is 68.7 Å². The fraction of sp³-hybridized carbons (Fsp3) is 0.650. The van der Waals surface area contributed by atoms with E-state index in [0.717, 1.165) is 71.9 Å². The number of aryl methyl sites for hydroxylation is 2. The topological polar surface area (TPSA) is 81.8 Å². The van der Waals surface area contributed by atoms with Gasteiger partial charge in [-0.1, -0.05) is 19.3 Å². The molecule has 0 aromatic carbocycles. The molecule has 3 aromatic heterocycles. The second-order valence-corrected chi connectivity index (χ2v) is 10.3. The molecule has 2 aliphatic rings. The zero-order chi connectivity index (χ0) is 20.5. The highest BCUT2D eigenvalue weighted by atomic mass is 32.2. The summed E-state index contributed by atoms with van der Waals surface area (Å²) in [4.78, 5) is 14.6. The van der Waals surface area contributed by atoms with Crippen LogP contribution in [-0.4, -0.2) is 61.4 Å². The molecular formula is C20H27N7OS2. The average molecular weight is 446 g/mol. The number of hydrogen-bond acceptors (Lipinski definition) is 9. The summed E-state index contributed by atoms with van der Waals surface area (Å²) in [5, 5.41) is 15.6. The fourth-order valence-electron chi connectivity index (χ4n) is 4.25. The van der Waals surface area contributed by atoms with Crippen LogP contribution in [0.15, 0.2) is 10.2 Å². The van der Waals surface area contributed by atoms with Gasteiger partial charge in [-0.05, 0) is 54.4 Å². The standard InChI is InChI=1S/C20H27N7OS2/c1-13-14(2)29-18-17(13)19(22-16(21-18)12-26-8-10-28-11-9-26)30-20-23-24-25-27(20)15-6-4-3-5-7-15/h15H,3-12H2,1-2H3. The normalized spacial score (nSPS) is 19.0. The van der Waals surface area contributed by atoms with E-state index in [1.165, 1.54) is 29.7 Å². The Morgan fingerprint density at radius 1 is 1.10 bits per heavy atom. The number of morpholine rings is 1. The van der Waals surface area contributed by atoms with Crippen LogP contribution in [0.5, 0.6) is 0 Å². The third-order valence-electron chi connectivity index (χ3n) is 6.08. The molecule has 1 saturated heterocycles. The quantitative estimate of drug-likeness (QED) is 0.549. The molecule has 0 spiro atoms. The van der Waals surface area contributed by atoms with E-state index in [-0.39, 0.29) is 0 Å². The van der Waals surface area contributed by atoms with Crippen molar-refractivity contribution in [2.24, 2.45) is 0 Å². The smallest absolute Gasteiger partial charge is 0.215 e. The van der Waals surface area contributed by atoms with E-state index in [1.807, 2.05) is 4.68 Å². The molecule has 0 N–H and O–H groups in total. The molecule has 2 fully saturated rings. The Bertz CT molecular complexity index is 1020. The number of rotatable bonds is 5. The molecule has 0 radical (unpaired) electrons. The van der Waals surface area contributed by atoms with Crippen molar-refractivity contribution in [1.29, 1.82) is 0 Å². The van der Waals surface area contributed by atoms with Crippen LogP contribution in [-0.2, 0) is 11.3 Å². The molecule has 1 saturated carbocycles. The van der Waals surface area contributed by atoms with Gasteiger partial charge in [-0.25, -0.2) is 14.6 Å². The Morgan fingerprint density at radius 2 is 1.90 bits per heavy atom. The van der Waals surface area contributed by atoms with Crippen molar-refractivity contribution in [3.63, 3.8) is 0 Å². The van der Waals surface area contributed by atoms with Gasteiger partial charge < -0.3 is 4.74 Å². The number of aromatic nitrogens is 6. The lowest BCUT2D eigenvalue weighted by Crippen LogP contribution is -2.36. The van der Waals surface area contributed by atoms with Crippen molar-refractivity contribution in [2.75, 3.05) is 26.3 Å². The van der Waals surface area contributed by atoms with Gasteiger partial charge in [0.25, 0.3) is 0 Å². The number of hydrogen-bond donors (Lipinski definition) is 0. The van der Waals surface area contributed by atoms with Crippen LogP contribution in [0.2, 0.25) is 0 Å². The van der Waals surface area contributed by atoms with Gasteiger partial charge in [-0.15, -0.1) is 16.4 Å². The predicted molar refractivity (Wildman–Crippen MR) is 117 cm³/mol. The zero-order valence-electron chi connectivity index (χ0n) is 17.5. The van der Waals surface area contributed by atoms with Crippen molar-refractivity contribution in [1.82, 2.24) is 35.1 Å². The number of ether oxygens (including phenoxy) is 1. The molecule has 10 heteroatoms. The predicted octanol–water partition coefficient (Wildman–Crippen LogP) is 3.78. The monoisotopic (exact) mass is 445 g/mol. The van der Waals surface area contributed by atoms with Crippen LogP contribution in [0.1, 0.15) is 54.4 Å². The Hall–Kier alpha value is -1.62. The Morgan fingerprint density at radius 3 is 2.70 bits per heavy atom. The van der Waals surface area contributed by atoms with E-state index in [1.54, 1.807) is 23.1 Å². The Labute approximate surface area is 184 Å². The highest BCUT2D eigenvalue weighted by Crippen LogP contribution is 2.39. The molecule has 1 aliphatic carbocycles. The maximum Gasteiger partial charge on any atom is 0.215 e. The fourth-order valence-corrected chi connectivity index (χ4v) is 6.40. The minimum atomic E-state index is 0.395. The van der Waals surface area contributed by atoms with E-state index in [9.17, 15) is 0 Å². The van der Waals surface area contributed by atoms with Gasteiger partial charge in [0.15, 0.2) is 0 Å². The summed E-state index contributed by atoms with van der Waals surface area (Å²) in [6.07, 6.45) is 6.11. The van der Waals surface area contributed by atoms with E-state index in [4.69, 9.17) is 14.7 Å². The molecule has 1 aliphatic heterocycles. The molecule has 5 rings (SSSR count).